The fourth-order valence-corrected chi connectivity index (χ4v) is 8.18. The van der Waals surface area contributed by atoms with Crippen molar-refractivity contribution in [2.24, 2.45) is 0 Å². The monoisotopic (exact) mass is 606 g/mol. The SMILES string of the molecule is c1ccc2c(-c3c4ccccc4c(-c4ccc(-c5cccc6c5ccc5ccccc56)c5ccccc45)c4ccccc34)cccc2c1. The average Bonchev–Trinajstić information content (AvgIpc) is 3.16. The van der Waals surface area contributed by atoms with E-state index in [1.807, 2.05) is 0 Å². The van der Waals surface area contributed by atoms with Crippen LogP contribution in [0.2, 0.25) is 0 Å². The van der Waals surface area contributed by atoms with Crippen LogP contribution in [0.5, 0.6) is 0 Å². The van der Waals surface area contributed by atoms with Crippen molar-refractivity contribution in [3.05, 3.63) is 182 Å². The third-order valence-electron chi connectivity index (χ3n) is 10.3. The standard InChI is InChI=1S/C48H30/c1-4-17-34-31(13-1)15-11-26-41(34)47-42-20-7-9-22-44(42)48(45-23-10-8-21-43(45)47)46-30-29-40(36-18-5-6-19-38(36)46)37-25-12-24-35-33-16-3-2-14-32(33)27-28-39(35)37/h1-30H. The van der Waals surface area contributed by atoms with Crippen molar-refractivity contribution in [1.82, 2.24) is 0 Å². The van der Waals surface area contributed by atoms with E-state index in [1.54, 1.807) is 0 Å². The van der Waals surface area contributed by atoms with E-state index in [0.717, 1.165) is 0 Å². The van der Waals surface area contributed by atoms with Gasteiger partial charge < -0.3 is 0 Å². The zero-order valence-electron chi connectivity index (χ0n) is 26.3. The van der Waals surface area contributed by atoms with E-state index < -0.39 is 0 Å². The summed E-state index contributed by atoms with van der Waals surface area (Å²) in [6.07, 6.45) is 0. The maximum atomic E-state index is 2.36. The van der Waals surface area contributed by atoms with E-state index >= 15 is 0 Å². The van der Waals surface area contributed by atoms with Gasteiger partial charge in [-0.3, -0.25) is 0 Å². The van der Waals surface area contributed by atoms with Gasteiger partial charge in [-0.15, -0.1) is 0 Å². The van der Waals surface area contributed by atoms with Crippen LogP contribution in [0.15, 0.2) is 182 Å². The van der Waals surface area contributed by atoms with Crippen LogP contribution in [0.25, 0.3) is 98.0 Å². The first-order valence-corrected chi connectivity index (χ1v) is 16.7. The van der Waals surface area contributed by atoms with Crippen LogP contribution < -0.4 is 0 Å². The Balaban J connectivity index is 1.28. The normalized spacial score (nSPS) is 11.8. The molecule has 0 bridgehead atoms. The lowest BCUT2D eigenvalue weighted by Gasteiger charge is -2.20. The van der Waals surface area contributed by atoms with Crippen molar-refractivity contribution < 1.29 is 0 Å². The Morgan fingerprint density at radius 1 is 0.167 bits per heavy atom. The molecule has 10 aromatic carbocycles. The number of hydrogen-bond donors (Lipinski definition) is 0. The molecule has 10 rings (SSSR count). The Hall–Kier alpha value is -6.24. The highest BCUT2D eigenvalue weighted by atomic mass is 14.2. The molecular formula is C48H30. The fraction of sp³-hybridized carbons (Fsp3) is 0. The van der Waals surface area contributed by atoms with Gasteiger partial charge in [-0.1, -0.05) is 182 Å². The van der Waals surface area contributed by atoms with E-state index in [4.69, 9.17) is 0 Å². The molecule has 0 aliphatic carbocycles. The van der Waals surface area contributed by atoms with Crippen LogP contribution >= 0.6 is 0 Å². The Morgan fingerprint density at radius 2 is 0.521 bits per heavy atom. The Kier molecular flexibility index (Phi) is 5.98. The van der Waals surface area contributed by atoms with Crippen LogP contribution in [0, 0.1) is 0 Å². The minimum Gasteiger partial charge on any atom is -0.0616 e. The van der Waals surface area contributed by atoms with Gasteiger partial charge in [-0.2, -0.15) is 0 Å². The molecule has 0 aliphatic heterocycles. The van der Waals surface area contributed by atoms with Crippen molar-refractivity contribution in [3.8, 4) is 33.4 Å². The van der Waals surface area contributed by atoms with E-state index in [2.05, 4.69) is 182 Å². The number of rotatable bonds is 3. The van der Waals surface area contributed by atoms with Gasteiger partial charge in [0.05, 0.1) is 0 Å². The third-order valence-corrected chi connectivity index (χ3v) is 10.3. The molecule has 0 aromatic heterocycles. The van der Waals surface area contributed by atoms with Gasteiger partial charge in [-0.25, -0.2) is 0 Å². The van der Waals surface area contributed by atoms with Gasteiger partial charge in [-0.05, 0) is 98.0 Å². The van der Waals surface area contributed by atoms with Crippen LogP contribution in [-0.4, -0.2) is 0 Å². The smallest absolute Gasteiger partial charge is 0.00201 e. The van der Waals surface area contributed by atoms with E-state index in [0.29, 0.717) is 0 Å². The van der Waals surface area contributed by atoms with E-state index in [9.17, 15) is 0 Å². The van der Waals surface area contributed by atoms with Gasteiger partial charge >= 0.3 is 0 Å². The predicted octanol–water partition coefficient (Wildman–Crippen LogP) is 13.6. The summed E-state index contributed by atoms with van der Waals surface area (Å²) in [7, 11) is 0. The number of hydrogen-bond acceptors (Lipinski definition) is 0. The quantitative estimate of drug-likeness (QED) is 0.139. The molecule has 10 aromatic rings. The first-order valence-electron chi connectivity index (χ1n) is 16.7. The summed E-state index contributed by atoms with van der Waals surface area (Å²) >= 11 is 0. The second kappa shape index (κ2) is 10.7. The summed E-state index contributed by atoms with van der Waals surface area (Å²) in [5, 5.41) is 15.3. The Bertz CT molecular complexity index is 2830. The first-order chi connectivity index (χ1) is 23.8. The van der Waals surface area contributed by atoms with Crippen molar-refractivity contribution in [1.29, 1.82) is 0 Å². The molecule has 0 spiro atoms. The minimum absolute atomic E-state index is 1.26. The summed E-state index contributed by atoms with van der Waals surface area (Å²) in [5.74, 6) is 0. The third kappa shape index (κ3) is 3.96. The first kappa shape index (κ1) is 26.9. The molecule has 0 saturated carbocycles. The molecule has 48 heavy (non-hydrogen) atoms. The Labute approximate surface area is 279 Å². The maximum absolute atomic E-state index is 2.36. The van der Waals surface area contributed by atoms with Crippen LogP contribution in [-0.2, 0) is 0 Å². The van der Waals surface area contributed by atoms with Crippen molar-refractivity contribution in [2.45, 2.75) is 0 Å². The molecule has 0 atom stereocenters. The Morgan fingerprint density at radius 3 is 1.17 bits per heavy atom. The highest BCUT2D eigenvalue weighted by Crippen LogP contribution is 2.48. The molecular weight excluding hydrogens is 577 g/mol. The lowest BCUT2D eigenvalue weighted by atomic mass is 9.82. The maximum Gasteiger partial charge on any atom is -0.00201 e. The second-order valence-corrected chi connectivity index (χ2v) is 12.8. The van der Waals surface area contributed by atoms with Crippen molar-refractivity contribution in [2.75, 3.05) is 0 Å². The molecule has 0 N–H and O–H groups in total. The van der Waals surface area contributed by atoms with E-state index in [-0.39, 0.29) is 0 Å². The minimum atomic E-state index is 1.26. The largest absolute Gasteiger partial charge is 0.0616 e. The zero-order chi connectivity index (χ0) is 31.6. The molecule has 0 saturated heterocycles. The summed E-state index contributed by atoms with van der Waals surface area (Å²) in [6, 6.07) is 67.1. The number of fused-ring (bicyclic) bond motifs is 7. The molecule has 222 valence electrons. The van der Waals surface area contributed by atoms with Gasteiger partial charge in [0, 0.05) is 0 Å². The van der Waals surface area contributed by atoms with Crippen LogP contribution in [0.3, 0.4) is 0 Å². The average molecular weight is 607 g/mol. The van der Waals surface area contributed by atoms with Gasteiger partial charge in [0.2, 0.25) is 0 Å². The van der Waals surface area contributed by atoms with Crippen LogP contribution in [0.1, 0.15) is 0 Å². The second-order valence-electron chi connectivity index (χ2n) is 12.8. The molecule has 0 fully saturated rings. The highest BCUT2D eigenvalue weighted by Gasteiger charge is 2.20. The fourth-order valence-electron chi connectivity index (χ4n) is 8.18. The number of benzene rings is 10. The molecule has 0 nitrogen and oxygen atoms in total. The molecule has 0 amide bonds. The summed E-state index contributed by atoms with van der Waals surface area (Å²) in [4.78, 5) is 0. The summed E-state index contributed by atoms with van der Waals surface area (Å²) in [5.41, 5.74) is 7.65. The van der Waals surface area contributed by atoms with Crippen molar-refractivity contribution in [3.63, 3.8) is 0 Å². The van der Waals surface area contributed by atoms with E-state index in [1.165, 1.54) is 98.0 Å². The predicted molar refractivity (Wildman–Crippen MR) is 208 cm³/mol. The highest BCUT2D eigenvalue weighted by molar-refractivity contribution is 6.26. The molecule has 0 radical (unpaired) electrons. The lowest BCUT2D eigenvalue weighted by molar-refractivity contribution is 1.67. The zero-order valence-corrected chi connectivity index (χ0v) is 26.3. The van der Waals surface area contributed by atoms with Gasteiger partial charge in [0.25, 0.3) is 0 Å². The molecule has 0 heterocycles. The molecule has 0 unspecified atom stereocenters. The summed E-state index contributed by atoms with van der Waals surface area (Å²) < 4.78 is 0. The van der Waals surface area contributed by atoms with Gasteiger partial charge in [0.15, 0.2) is 0 Å². The van der Waals surface area contributed by atoms with Gasteiger partial charge in [0.1, 0.15) is 0 Å². The van der Waals surface area contributed by atoms with Crippen molar-refractivity contribution >= 4 is 64.6 Å². The molecule has 0 aliphatic rings. The van der Waals surface area contributed by atoms with Crippen LogP contribution in [0.4, 0.5) is 0 Å². The topological polar surface area (TPSA) is 0 Å². The molecule has 0 heteroatoms. The summed E-state index contributed by atoms with van der Waals surface area (Å²) in [6.45, 7) is 0. The lowest BCUT2D eigenvalue weighted by Crippen LogP contribution is -1.93.